The zero-order chi connectivity index (χ0) is 18.5. The van der Waals surface area contributed by atoms with Crippen molar-refractivity contribution in [2.24, 2.45) is 0 Å². The lowest BCUT2D eigenvalue weighted by atomic mass is 10.1. The first-order valence-electron chi connectivity index (χ1n) is 9.54. The molecule has 1 heterocycles. The summed E-state index contributed by atoms with van der Waals surface area (Å²) >= 11 is 0. The normalized spacial score (nSPS) is 14.4. The second kappa shape index (κ2) is 8.26. The SMILES string of the molecule is CCCc1ccc(NC(=O)N2CCN(c3cccc(C)c3C)CC2)cc1. The highest BCUT2D eigenvalue weighted by Crippen LogP contribution is 2.24. The summed E-state index contributed by atoms with van der Waals surface area (Å²) in [6, 6.07) is 14.6. The molecule has 0 atom stereocenters. The number of urea groups is 1. The minimum absolute atomic E-state index is 0.00569. The Morgan fingerprint density at radius 2 is 1.69 bits per heavy atom. The molecular formula is C22H29N3O. The molecule has 1 aliphatic rings. The van der Waals surface area contributed by atoms with Gasteiger partial charge in [0.1, 0.15) is 0 Å². The highest BCUT2D eigenvalue weighted by Gasteiger charge is 2.22. The molecule has 2 aromatic rings. The fourth-order valence-corrected chi connectivity index (χ4v) is 3.47. The van der Waals surface area contributed by atoms with Crippen molar-refractivity contribution < 1.29 is 4.79 Å². The second-order valence-electron chi connectivity index (χ2n) is 7.07. The largest absolute Gasteiger partial charge is 0.368 e. The van der Waals surface area contributed by atoms with Gasteiger partial charge in [0, 0.05) is 37.6 Å². The number of amides is 2. The van der Waals surface area contributed by atoms with Crippen LogP contribution in [0.25, 0.3) is 0 Å². The van der Waals surface area contributed by atoms with Crippen LogP contribution in [0, 0.1) is 13.8 Å². The first-order valence-corrected chi connectivity index (χ1v) is 9.54. The molecule has 0 saturated carbocycles. The number of piperazine rings is 1. The van der Waals surface area contributed by atoms with Crippen LogP contribution in [0.3, 0.4) is 0 Å². The predicted octanol–water partition coefficient (Wildman–Crippen LogP) is 4.61. The van der Waals surface area contributed by atoms with E-state index in [-0.39, 0.29) is 6.03 Å². The Morgan fingerprint density at radius 1 is 1.00 bits per heavy atom. The third-order valence-corrected chi connectivity index (χ3v) is 5.23. The Kier molecular flexibility index (Phi) is 5.82. The molecule has 0 unspecified atom stereocenters. The third-order valence-electron chi connectivity index (χ3n) is 5.23. The Hall–Kier alpha value is -2.49. The van der Waals surface area contributed by atoms with Crippen LogP contribution in [0.5, 0.6) is 0 Å². The number of rotatable bonds is 4. The van der Waals surface area contributed by atoms with Crippen LogP contribution < -0.4 is 10.2 Å². The van der Waals surface area contributed by atoms with E-state index in [0.717, 1.165) is 44.7 Å². The lowest BCUT2D eigenvalue weighted by molar-refractivity contribution is 0.208. The molecule has 138 valence electrons. The first kappa shape index (κ1) is 18.3. The summed E-state index contributed by atoms with van der Waals surface area (Å²) in [5, 5.41) is 3.02. The number of hydrogen-bond acceptors (Lipinski definition) is 2. The first-order chi connectivity index (χ1) is 12.6. The summed E-state index contributed by atoms with van der Waals surface area (Å²) < 4.78 is 0. The van der Waals surface area contributed by atoms with Crippen molar-refractivity contribution in [2.45, 2.75) is 33.6 Å². The van der Waals surface area contributed by atoms with Gasteiger partial charge in [-0.05, 0) is 55.2 Å². The Morgan fingerprint density at radius 3 is 2.35 bits per heavy atom. The van der Waals surface area contributed by atoms with Gasteiger partial charge in [0.15, 0.2) is 0 Å². The average Bonchev–Trinajstić information content (AvgIpc) is 2.66. The number of carbonyl (C=O) groups is 1. The summed E-state index contributed by atoms with van der Waals surface area (Å²) in [5.41, 5.74) is 6.11. The Bertz CT molecular complexity index is 746. The highest BCUT2D eigenvalue weighted by molar-refractivity contribution is 5.89. The van der Waals surface area contributed by atoms with Crippen LogP contribution in [0.15, 0.2) is 42.5 Å². The summed E-state index contributed by atoms with van der Waals surface area (Å²) in [6.07, 6.45) is 2.21. The van der Waals surface area contributed by atoms with Crippen LogP contribution in [-0.2, 0) is 6.42 Å². The zero-order valence-corrected chi connectivity index (χ0v) is 16.1. The molecule has 2 amide bonds. The molecule has 1 N–H and O–H groups in total. The van der Waals surface area contributed by atoms with E-state index >= 15 is 0 Å². The van der Waals surface area contributed by atoms with Gasteiger partial charge in [0.05, 0.1) is 0 Å². The van der Waals surface area contributed by atoms with Crippen molar-refractivity contribution in [1.29, 1.82) is 0 Å². The van der Waals surface area contributed by atoms with E-state index in [0.29, 0.717) is 0 Å². The van der Waals surface area contributed by atoms with Gasteiger partial charge < -0.3 is 15.1 Å². The molecule has 4 heteroatoms. The van der Waals surface area contributed by atoms with Crippen molar-refractivity contribution in [3.05, 3.63) is 59.2 Å². The Balaban J connectivity index is 1.55. The predicted molar refractivity (Wildman–Crippen MR) is 109 cm³/mol. The molecule has 0 radical (unpaired) electrons. The molecule has 1 aliphatic heterocycles. The maximum Gasteiger partial charge on any atom is 0.321 e. The summed E-state index contributed by atoms with van der Waals surface area (Å²) in [4.78, 5) is 16.8. The highest BCUT2D eigenvalue weighted by atomic mass is 16.2. The summed E-state index contributed by atoms with van der Waals surface area (Å²) in [6.45, 7) is 9.72. The van der Waals surface area contributed by atoms with E-state index in [1.807, 2.05) is 17.0 Å². The van der Waals surface area contributed by atoms with Gasteiger partial charge >= 0.3 is 6.03 Å². The molecule has 0 aliphatic carbocycles. The number of carbonyl (C=O) groups excluding carboxylic acids is 1. The van der Waals surface area contributed by atoms with E-state index in [4.69, 9.17) is 0 Å². The van der Waals surface area contributed by atoms with Gasteiger partial charge in [0.25, 0.3) is 0 Å². The van der Waals surface area contributed by atoms with E-state index in [9.17, 15) is 4.79 Å². The van der Waals surface area contributed by atoms with Crippen LogP contribution >= 0.6 is 0 Å². The van der Waals surface area contributed by atoms with E-state index in [2.05, 4.69) is 61.3 Å². The quantitative estimate of drug-likeness (QED) is 0.873. The van der Waals surface area contributed by atoms with Crippen LogP contribution in [0.4, 0.5) is 16.2 Å². The molecule has 1 saturated heterocycles. The number of anilines is 2. The van der Waals surface area contributed by atoms with E-state index in [1.54, 1.807) is 0 Å². The number of benzene rings is 2. The number of hydrogen-bond donors (Lipinski definition) is 1. The second-order valence-corrected chi connectivity index (χ2v) is 7.07. The minimum atomic E-state index is -0.00569. The van der Waals surface area contributed by atoms with Crippen molar-refractivity contribution in [1.82, 2.24) is 4.90 Å². The van der Waals surface area contributed by atoms with Gasteiger partial charge in [-0.2, -0.15) is 0 Å². The van der Waals surface area contributed by atoms with Gasteiger partial charge in [-0.25, -0.2) is 4.79 Å². The van der Waals surface area contributed by atoms with Crippen molar-refractivity contribution >= 4 is 17.4 Å². The Labute approximate surface area is 156 Å². The van der Waals surface area contributed by atoms with Gasteiger partial charge in [-0.1, -0.05) is 37.6 Å². The standard InChI is InChI=1S/C22H29N3O/c1-4-6-19-9-11-20(12-10-19)23-22(26)25-15-13-24(14-16-25)21-8-5-7-17(2)18(21)3/h5,7-12H,4,6,13-16H2,1-3H3,(H,23,26). The molecule has 2 aromatic carbocycles. The summed E-state index contributed by atoms with van der Waals surface area (Å²) in [5.74, 6) is 0. The zero-order valence-electron chi connectivity index (χ0n) is 16.1. The van der Waals surface area contributed by atoms with Crippen LogP contribution in [0.2, 0.25) is 0 Å². The van der Waals surface area contributed by atoms with Gasteiger partial charge in [0.2, 0.25) is 0 Å². The molecular weight excluding hydrogens is 322 g/mol. The fraction of sp³-hybridized carbons (Fsp3) is 0.409. The number of nitrogens with one attached hydrogen (secondary N) is 1. The molecule has 0 spiro atoms. The minimum Gasteiger partial charge on any atom is -0.368 e. The van der Waals surface area contributed by atoms with Crippen molar-refractivity contribution in [3.63, 3.8) is 0 Å². The topological polar surface area (TPSA) is 35.6 Å². The maximum absolute atomic E-state index is 12.5. The average molecular weight is 351 g/mol. The smallest absolute Gasteiger partial charge is 0.321 e. The molecule has 4 nitrogen and oxygen atoms in total. The fourth-order valence-electron chi connectivity index (χ4n) is 3.47. The summed E-state index contributed by atoms with van der Waals surface area (Å²) in [7, 11) is 0. The monoisotopic (exact) mass is 351 g/mol. The van der Waals surface area contributed by atoms with Crippen LogP contribution in [0.1, 0.15) is 30.0 Å². The third kappa shape index (κ3) is 4.18. The van der Waals surface area contributed by atoms with Crippen molar-refractivity contribution in [2.75, 3.05) is 36.4 Å². The molecule has 0 aromatic heterocycles. The van der Waals surface area contributed by atoms with Crippen LogP contribution in [-0.4, -0.2) is 37.1 Å². The molecule has 26 heavy (non-hydrogen) atoms. The maximum atomic E-state index is 12.5. The lowest BCUT2D eigenvalue weighted by Crippen LogP contribution is -2.50. The number of aryl methyl sites for hydroxylation is 2. The molecule has 1 fully saturated rings. The van der Waals surface area contributed by atoms with E-state index in [1.165, 1.54) is 22.4 Å². The molecule has 0 bridgehead atoms. The lowest BCUT2D eigenvalue weighted by Gasteiger charge is -2.37. The number of nitrogens with zero attached hydrogens (tertiary/aromatic N) is 2. The van der Waals surface area contributed by atoms with E-state index < -0.39 is 0 Å². The van der Waals surface area contributed by atoms with Crippen molar-refractivity contribution in [3.8, 4) is 0 Å². The van der Waals surface area contributed by atoms with Gasteiger partial charge in [-0.15, -0.1) is 0 Å². The molecule has 3 rings (SSSR count). The van der Waals surface area contributed by atoms with Gasteiger partial charge in [-0.3, -0.25) is 0 Å².